The minimum absolute atomic E-state index is 0.0945. The molecule has 1 fully saturated rings. The van der Waals surface area contributed by atoms with Gasteiger partial charge in [-0.25, -0.2) is 0 Å². The summed E-state index contributed by atoms with van der Waals surface area (Å²) in [5.74, 6) is -0.302. The first-order valence-electron chi connectivity index (χ1n) is 12.5. The number of aliphatic hydroxyl groups is 1. The Morgan fingerprint density at radius 1 is 0.757 bits per heavy atom. The van der Waals surface area contributed by atoms with Crippen molar-refractivity contribution >= 4 is 28.9 Å². The molecule has 2 aliphatic rings. The molecule has 2 heterocycles. The molecular formula is C31H27N3O3. The summed E-state index contributed by atoms with van der Waals surface area (Å²) in [6.07, 6.45) is 0.260. The van der Waals surface area contributed by atoms with Crippen LogP contribution in [-0.4, -0.2) is 42.2 Å². The number of aliphatic hydroxyl groups excluding tert-OH is 1. The van der Waals surface area contributed by atoms with Gasteiger partial charge in [0.25, 0.3) is 11.8 Å². The molecule has 0 radical (unpaired) electrons. The van der Waals surface area contributed by atoms with Gasteiger partial charge in [-0.3, -0.25) is 9.59 Å². The zero-order valence-electron chi connectivity index (χ0n) is 20.2. The number of anilines is 3. The van der Waals surface area contributed by atoms with E-state index in [2.05, 4.69) is 10.2 Å². The maximum atomic E-state index is 13.5. The van der Waals surface area contributed by atoms with Gasteiger partial charge in [0.15, 0.2) is 0 Å². The number of benzene rings is 4. The minimum atomic E-state index is -0.386. The average Bonchev–Trinajstić information content (AvgIpc) is 3.33. The lowest BCUT2D eigenvalue weighted by Crippen LogP contribution is -2.48. The van der Waals surface area contributed by atoms with E-state index < -0.39 is 0 Å². The van der Waals surface area contributed by atoms with Crippen LogP contribution < -0.4 is 15.1 Å². The first-order chi connectivity index (χ1) is 18.1. The van der Waals surface area contributed by atoms with Crippen LogP contribution in [0, 0.1) is 0 Å². The topological polar surface area (TPSA) is 72.9 Å². The van der Waals surface area contributed by atoms with E-state index in [1.165, 1.54) is 0 Å². The number of amides is 2. The molecule has 6 rings (SSSR count). The molecule has 2 aliphatic heterocycles. The second kappa shape index (κ2) is 9.56. The van der Waals surface area contributed by atoms with E-state index in [1.54, 1.807) is 29.2 Å². The van der Waals surface area contributed by atoms with Gasteiger partial charge in [0.1, 0.15) is 0 Å². The van der Waals surface area contributed by atoms with Crippen LogP contribution in [0.1, 0.15) is 27.1 Å². The van der Waals surface area contributed by atoms with Crippen molar-refractivity contribution in [2.45, 2.75) is 18.6 Å². The molecule has 0 aromatic heterocycles. The normalized spacial score (nSPS) is 18.2. The maximum Gasteiger partial charge on any atom is 0.258 e. The SMILES string of the molecule is O=C(Nc1ccc(C(=O)N2C[C@@H]3CC(O)CN3c3ccccc32)cc1)c1ccccc1-c1ccccc1. The van der Waals surface area contributed by atoms with Crippen LogP contribution in [0.2, 0.25) is 0 Å². The molecular weight excluding hydrogens is 462 g/mol. The van der Waals surface area contributed by atoms with Gasteiger partial charge in [-0.15, -0.1) is 0 Å². The number of fused-ring (bicyclic) bond motifs is 3. The summed E-state index contributed by atoms with van der Waals surface area (Å²) in [5, 5.41) is 13.2. The standard InChI is InChI=1S/C31H27N3O3/c35-25-18-24-19-34(29-13-7-6-12-28(29)33(24)20-25)31(37)22-14-16-23(17-15-22)32-30(36)27-11-5-4-10-26(27)21-8-2-1-3-9-21/h1-17,24-25,35H,18-20H2,(H,32,36)/t24-,25?/m0/s1. The van der Waals surface area contributed by atoms with E-state index in [9.17, 15) is 14.7 Å². The van der Waals surface area contributed by atoms with Gasteiger partial charge >= 0.3 is 0 Å². The summed E-state index contributed by atoms with van der Waals surface area (Å²) < 4.78 is 0. The first-order valence-corrected chi connectivity index (χ1v) is 12.5. The molecule has 2 N–H and O–H groups in total. The minimum Gasteiger partial charge on any atom is -0.391 e. The van der Waals surface area contributed by atoms with Crippen LogP contribution in [0.5, 0.6) is 0 Å². The number of para-hydroxylation sites is 2. The average molecular weight is 490 g/mol. The molecule has 0 bridgehead atoms. The van der Waals surface area contributed by atoms with Crippen molar-refractivity contribution in [1.29, 1.82) is 0 Å². The van der Waals surface area contributed by atoms with Crippen molar-refractivity contribution in [3.63, 3.8) is 0 Å². The van der Waals surface area contributed by atoms with Crippen molar-refractivity contribution in [3.05, 3.63) is 114 Å². The molecule has 1 saturated heterocycles. The van der Waals surface area contributed by atoms with E-state index >= 15 is 0 Å². The van der Waals surface area contributed by atoms with Crippen LogP contribution in [-0.2, 0) is 0 Å². The monoisotopic (exact) mass is 489 g/mol. The highest BCUT2D eigenvalue weighted by Crippen LogP contribution is 2.40. The number of carbonyl (C=O) groups excluding carboxylic acids is 2. The molecule has 0 aliphatic carbocycles. The molecule has 2 amide bonds. The molecule has 0 saturated carbocycles. The van der Waals surface area contributed by atoms with E-state index in [1.807, 2.05) is 78.9 Å². The van der Waals surface area contributed by atoms with Gasteiger partial charge in [-0.05, 0) is 60.0 Å². The van der Waals surface area contributed by atoms with E-state index in [4.69, 9.17) is 0 Å². The molecule has 4 aromatic carbocycles. The number of nitrogens with one attached hydrogen (secondary N) is 1. The number of rotatable bonds is 4. The molecule has 6 heteroatoms. The van der Waals surface area contributed by atoms with Gasteiger partial charge in [0.05, 0.1) is 17.5 Å². The summed E-state index contributed by atoms with van der Waals surface area (Å²) in [6, 6.07) is 32.3. The second-order valence-corrected chi connectivity index (χ2v) is 9.54. The summed E-state index contributed by atoms with van der Waals surface area (Å²) >= 11 is 0. The molecule has 4 aromatic rings. The lowest BCUT2D eigenvalue weighted by atomic mass is 9.99. The molecule has 6 nitrogen and oxygen atoms in total. The Labute approximate surface area is 215 Å². The Balaban J connectivity index is 1.21. The first kappa shape index (κ1) is 23.0. The Kier molecular flexibility index (Phi) is 5.94. The fourth-order valence-corrected chi connectivity index (χ4v) is 5.40. The van der Waals surface area contributed by atoms with Gasteiger partial charge in [0.2, 0.25) is 0 Å². The van der Waals surface area contributed by atoms with Gasteiger partial charge in [-0.2, -0.15) is 0 Å². The lowest BCUT2D eigenvalue weighted by Gasteiger charge is -2.40. The van der Waals surface area contributed by atoms with Gasteiger partial charge in [0, 0.05) is 35.9 Å². The fraction of sp³-hybridized carbons (Fsp3) is 0.161. The van der Waals surface area contributed by atoms with Gasteiger partial charge in [-0.1, -0.05) is 60.7 Å². The number of carbonyl (C=O) groups is 2. The predicted octanol–water partition coefficient (Wildman–Crippen LogP) is 5.21. The third-order valence-electron chi connectivity index (χ3n) is 7.16. The quantitative estimate of drug-likeness (QED) is 0.413. The molecule has 184 valence electrons. The summed E-state index contributed by atoms with van der Waals surface area (Å²) in [4.78, 5) is 30.7. The zero-order chi connectivity index (χ0) is 25.4. The Hall–Kier alpha value is -4.42. The largest absolute Gasteiger partial charge is 0.391 e. The van der Waals surface area contributed by atoms with E-state index in [0.717, 1.165) is 22.5 Å². The maximum absolute atomic E-state index is 13.5. The summed E-state index contributed by atoms with van der Waals surface area (Å²) in [6.45, 7) is 1.12. The number of hydrogen-bond donors (Lipinski definition) is 2. The lowest BCUT2D eigenvalue weighted by molar-refractivity contribution is 0.0982. The highest BCUT2D eigenvalue weighted by atomic mass is 16.3. The number of nitrogens with zero attached hydrogens (tertiary/aromatic N) is 2. The van der Waals surface area contributed by atoms with E-state index in [-0.39, 0.29) is 24.0 Å². The Morgan fingerprint density at radius 2 is 1.43 bits per heavy atom. The van der Waals surface area contributed by atoms with Crippen LogP contribution >= 0.6 is 0 Å². The van der Waals surface area contributed by atoms with Gasteiger partial charge < -0.3 is 20.2 Å². The highest BCUT2D eigenvalue weighted by molar-refractivity contribution is 6.10. The predicted molar refractivity (Wildman–Crippen MR) is 146 cm³/mol. The molecule has 0 spiro atoms. The molecule has 2 atom stereocenters. The fourth-order valence-electron chi connectivity index (χ4n) is 5.40. The van der Waals surface area contributed by atoms with Crippen LogP contribution in [0.15, 0.2) is 103 Å². The second-order valence-electron chi connectivity index (χ2n) is 9.54. The Morgan fingerprint density at radius 3 is 2.22 bits per heavy atom. The highest BCUT2D eigenvalue weighted by Gasteiger charge is 2.39. The molecule has 1 unspecified atom stereocenters. The van der Waals surface area contributed by atoms with Crippen LogP contribution in [0.3, 0.4) is 0 Å². The van der Waals surface area contributed by atoms with Crippen molar-refractivity contribution in [1.82, 2.24) is 0 Å². The van der Waals surface area contributed by atoms with Crippen molar-refractivity contribution < 1.29 is 14.7 Å². The van der Waals surface area contributed by atoms with Crippen molar-refractivity contribution in [3.8, 4) is 11.1 Å². The van der Waals surface area contributed by atoms with Crippen molar-refractivity contribution in [2.75, 3.05) is 28.2 Å². The summed E-state index contributed by atoms with van der Waals surface area (Å²) in [7, 11) is 0. The third kappa shape index (κ3) is 4.36. The Bertz CT molecular complexity index is 1450. The van der Waals surface area contributed by atoms with Crippen molar-refractivity contribution in [2.24, 2.45) is 0 Å². The van der Waals surface area contributed by atoms with Crippen LogP contribution in [0.4, 0.5) is 17.1 Å². The van der Waals surface area contributed by atoms with Crippen LogP contribution in [0.25, 0.3) is 11.1 Å². The summed E-state index contributed by atoms with van der Waals surface area (Å²) in [5.41, 5.74) is 5.42. The third-order valence-corrected chi connectivity index (χ3v) is 7.16. The molecule has 37 heavy (non-hydrogen) atoms. The smallest absolute Gasteiger partial charge is 0.258 e. The zero-order valence-corrected chi connectivity index (χ0v) is 20.2. The van der Waals surface area contributed by atoms with E-state index in [0.29, 0.717) is 36.3 Å². The number of hydrogen-bond acceptors (Lipinski definition) is 4.